The van der Waals surface area contributed by atoms with E-state index in [2.05, 4.69) is 11.7 Å². The highest BCUT2D eigenvalue weighted by Crippen LogP contribution is 2.25. The van der Waals surface area contributed by atoms with Crippen LogP contribution < -0.4 is 0 Å². The standard InChI is InChI=1S/C17H20O5S/c1-3-4-9-23-16-8-6-5-7-13(16)10-14(17(20)21)15(19)11-22-12(2)18/h5-8,10H,3-4,9,11H2,1-2H3,(H,20,21). The molecular formula is C17H20O5S. The van der Waals surface area contributed by atoms with Crippen molar-refractivity contribution >= 4 is 35.6 Å². The third-order valence-corrected chi connectivity index (χ3v) is 4.09. The van der Waals surface area contributed by atoms with Gasteiger partial charge in [0.25, 0.3) is 0 Å². The van der Waals surface area contributed by atoms with E-state index in [-0.39, 0.29) is 0 Å². The molecule has 0 bridgehead atoms. The molecule has 1 aromatic rings. The second-order valence-electron chi connectivity index (χ2n) is 4.81. The maximum Gasteiger partial charge on any atom is 0.339 e. The molecule has 0 radical (unpaired) electrons. The van der Waals surface area contributed by atoms with Crippen molar-refractivity contribution in [2.75, 3.05) is 12.4 Å². The average molecular weight is 336 g/mol. The van der Waals surface area contributed by atoms with Crippen LogP contribution in [0.2, 0.25) is 0 Å². The van der Waals surface area contributed by atoms with E-state index in [1.807, 2.05) is 12.1 Å². The van der Waals surface area contributed by atoms with E-state index in [0.717, 1.165) is 30.4 Å². The lowest BCUT2D eigenvalue weighted by molar-refractivity contribution is -0.146. The summed E-state index contributed by atoms with van der Waals surface area (Å²) in [6, 6.07) is 7.30. The van der Waals surface area contributed by atoms with Crippen LogP contribution in [0.3, 0.4) is 0 Å². The summed E-state index contributed by atoms with van der Waals surface area (Å²) in [5, 5.41) is 9.24. The summed E-state index contributed by atoms with van der Waals surface area (Å²) in [5.41, 5.74) is 0.275. The van der Waals surface area contributed by atoms with Crippen LogP contribution in [0.1, 0.15) is 32.3 Å². The van der Waals surface area contributed by atoms with Crippen LogP contribution in [-0.4, -0.2) is 35.2 Å². The molecule has 0 aliphatic carbocycles. The van der Waals surface area contributed by atoms with Crippen LogP contribution in [-0.2, 0) is 19.1 Å². The Morgan fingerprint density at radius 1 is 1.26 bits per heavy atom. The van der Waals surface area contributed by atoms with Crippen LogP contribution >= 0.6 is 11.8 Å². The Labute approximate surface area is 139 Å². The van der Waals surface area contributed by atoms with Crippen molar-refractivity contribution < 1.29 is 24.2 Å². The maximum atomic E-state index is 11.9. The first-order valence-electron chi connectivity index (χ1n) is 7.29. The van der Waals surface area contributed by atoms with E-state index in [9.17, 15) is 19.5 Å². The van der Waals surface area contributed by atoms with E-state index in [1.54, 1.807) is 23.9 Å². The number of hydrogen-bond donors (Lipinski definition) is 1. The minimum absolute atomic E-state index is 0.394. The third-order valence-electron chi connectivity index (χ3n) is 2.91. The van der Waals surface area contributed by atoms with E-state index in [4.69, 9.17) is 0 Å². The van der Waals surface area contributed by atoms with Gasteiger partial charge in [-0.1, -0.05) is 31.5 Å². The number of benzene rings is 1. The van der Waals surface area contributed by atoms with Gasteiger partial charge in [0.2, 0.25) is 5.78 Å². The highest BCUT2D eigenvalue weighted by atomic mass is 32.2. The zero-order chi connectivity index (χ0) is 17.2. The van der Waals surface area contributed by atoms with Crippen LogP contribution in [0.4, 0.5) is 0 Å². The summed E-state index contributed by atoms with van der Waals surface area (Å²) in [4.78, 5) is 34.9. The van der Waals surface area contributed by atoms with Gasteiger partial charge >= 0.3 is 11.9 Å². The average Bonchev–Trinajstić information content (AvgIpc) is 2.51. The Bertz CT molecular complexity index is 607. The normalized spacial score (nSPS) is 11.1. The van der Waals surface area contributed by atoms with Gasteiger partial charge in [0.1, 0.15) is 5.57 Å². The Balaban J connectivity index is 3.01. The molecule has 1 aromatic carbocycles. The van der Waals surface area contributed by atoms with Crippen molar-refractivity contribution in [1.29, 1.82) is 0 Å². The SMILES string of the molecule is CCCCSc1ccccc1C=C(C(=O)O)C(=O)COC(C)=O. The van der Waals surface area contributed by atoms with E-state index >= 15 is 0 Å². The number of esters is 1. The topological polar surface area (TPSA) is 80.7 Å². The molecular weight excluding hydrogens is 316 g/mol. The third kappa shape index (κ3) is 6.69. The number of carbonyl (C=O) groups is 3. The highest BCUT2D eigenvalue weighted by Gasteiger charge is 2.19. The molecule has 124 valence electrons. The minimum atomic E-state index is -1.34. The first-order chi connectivity index (χ1) is 11.0. The molecule has 0 heterocycles. The first kappa shape index (κ1) is 19.0. The van der Waals surface area contributed by atoms with Gasteiger partial charge < -0.3 is 9.84 Å². The predicted octanol–water partition coefficient (Wildman–Crippen LogP) is 3.18. The summed E-state index contributed by atoms with van der Waals surface area (Å²) >= 11 is 1.62. The molecule has 0 amide bonds. The fourth-order valence-corrected chi connectivity index (χ4v) is 2.84. The number of unbranched alkanes of at least 4 members (excludes halogenated alkanes) is 1. The fraction of sp³-hybridized carbons (Fsp3) is 0.353. The van der Waals surface area contributed by atoms with E-state index < -0.39 is 29.9 Å². The lowest BCUT2D eigenvalue weighted by atomic mass is 10.1. The van der Waals surface area contributed by atoms with Gasteiger partial charge in [0.05, 0.1) is 0 Å². The number of carboxylic acids is 1. The molecule has 5 nitrogen and oxygen atoms in total. The van der Waals surface area contributed by atoms with Crippen molar-refractivity contribution in [3.63, 3.8) is 0 Å². The van der Waals surface area contributed by atoms with Gasteiger partial charge in [0.15, 0.2) is 6.61 Å². The number of carboxylic acid groups (broad SMARTS) is 1. The molecule has 0 unspecified atom stereocenters. The smallest absolute Gasteiger partial charge is 0.339 e. The molecule has 0 saturated carbocycles. The van der Waals surface area contributed by atoms with Gasteiger partial charge in [-0.3, -0.25) is 9.59 Å². The minimum Gasteiger partial charge on any atom is -0.478 e. The second-order valence-corrected chi connectivity index (χ2v) is 5.94. The molecule has 6 heteroatoms. The Kier molecular flexibility index (Phi) is 8.11. The van der Waals surface area contributed by atoms with Crippen LogP contribution in [0.15, 0.2) is 34.7 Å². The number of aliphatic carboxylic acids is 1. The van der Waals surface area contributed by atoms with Crippen molar-refractivity contribution in [3.05, 3.63) is 35.4 Å². The molecule has 0 saturated heterocycles. The molecule has 1 rings (SSSR count). The summed E-state index contributed by atoms with van der Waals surface area (Å²) in [7, 11) is 0. The summed E-state index contributed by atoms with van der Waals surface area (Å²) < 4.78 is 4.58. The van der Waals surface area contributed by atoms with Crippen molar-refractivity contribution in [2.24, 2.45) is 0 Å². The zero-order valence-electron chi connectivity index (χ0n) is 13.2. The monoisotopic (exact) mass is 336 g/mol. The lowest BCUT2D eigenvalue weighted by Crippen LogP contribution is -2.19. The van der Waals surface area contributed by atoms with Crippen LogP contribution in [0, 0.1) is 0 Å². The molecule has 1 N–H and O–H groups in total. The zero-order valence-corrected chi connectivity index (χ0v) is 14.0. The molecule has 0 aliphatic rings. The Hall–Kier alpha value is -2.08. The summed E-state index contributed by atoms with van der Waals surface area (Å²) in [5.74, 6) is -1.78. The predicted molar refractivity (Wildman–Crippen MR) is 89.3 cm³/mol. The van der Waals surface area contributed by atoms with Gasteiger partial charge in [-0.2, -0.15) is 0 Å². The summed E-state index contributed by atoms with van der Waals surface area (Å²) in [6.45, 7) is 2.69. The number of thioether (sulfide) groups is 1. The van der Waals surface area contributed by atoms with Gasteiger partial charge in [-0.25, -0.2) is 4.79 Å². The number of carbonyl (C=O) groups excluding carboxylic acids is 2. The molecule has 0 aliphatic heterocycles. The summed E-state index contributed by atoms with van der Waals surface area (Å²) in [6.07, 6.45) is 3.47. The van der Waals surface area contributed by atoms with Crippen molar-refractivity contribution in [3.8, 4) is 0 Å². The van der Waals surface area contributed by atoms with E-state index in [1.165, 1.54) is 6.08 Å². The van der Waals surface area contributed by atoms with Gasteiger partial charge in [-0.15, -0.1) is 11.8 Å². The van der Waals surface area contributed by atoms with Gasteiger partial charge in [0, 0.05) is 11.8 Å². The molecule has 0 aromatic heterocycles. The number of Topliss-reactive ketones (excluding diaryl/α,β-unsaturated/α-hetero) is 1. The van der Waals surface area contributed by atoms with Crippen molar-refractivity contribution in [1.82, 2.24) is 0 Å². The lowest BCUT2D eigenvalue weighted by Gasteiger charge is -2.07. The fourth-order valence-electron chi connectivity index (χ4n) is 1.72. The Morgan fingerprint density at radius 2 is 1.96 bits per heavy atom. The molecule has 0 atom stereocenters. The molecule has 23 heavy (non-hydrogen) atoms. The van der Waals surface area contributed by atoms with E-state index in [0.29, 0.717) is 5.56 Å². The highest BCUT2D eigenvalue weighted by molar-refractivity contribution is 7.99. The number of rotatable bonds is 9. The number of hydrogen-bond acceptors (Lipinski definition) is 5. The quantitative estimate of drug-likeness (QED) is 0.186. The number of ether oxygens (including phenoxy) is 1. The first-order valence-corrected chi connectivity index (χ1v) is 8.27. The Morgan fingerprint density at radius 3 is 2.57 bits per heavy atom. The largest absolute Gasteiger partial charge is 0.478 e. The van der Waals surface area contributed by atoms with Crippen LogP contribution in [0.25, 0.3) is 6.08 Å². The second kappa shape index (κ2) is 9.84. The molecule has 0 spiro atoms. The van der Waals surface area contributed by atoms with Crippen LogP contribution in [0.5, 0.6) is 0 Å². The molecule has 0 fully saturated rings. The van der Waals surface area contributed by atoms with Crippen molar-refractivity contribution in [2.45, 2.75) is 31.6 Å². The number of ketones is 1. The maximum absolute atomic E-state index is 11.9. The van der Waals surface area contributed by atoms with Gasteiger partial charge in [-0.05, 0) is 29.9 Å².